The predicted octanol–water partition coefficient (Wildman–Crippen LogP) is 2.94. The first-order valence-corrected chi connectivity index (χ1v) is 8.48. The zero-order valence-corrected chi connectivity index (χ0v) is 13.8. The van der Waals surface area contributed by atoms with E-state index in [0.717, 1.165) is 12.8 Å². The van der Waals surface area contributed by atoms with E-state index in [2.05, 4.69) is 11.8 Å². The largest absolute Gasteiger partial charge is 0.450 e. The number of fused-ring (bicyclic) bond motifs is 1. The van der Waals surface area contributed by atoms with Crippen molar-refractivity contribution in [1.82, 2.24) is 4.90 Å². The summed E-state index contributed by atoms with van der Waals surface area (Å²) in [4.78, 5) is 13.8. The Labute approximate surface area is 141 Å². The van der Waals surface area contributed by atoms with Crippen LogP contribution in [0.2, 0.25) is 0 Å². The molecule has 3 rings (SSSR count). The maximum Gasteiger partial charge on any atom is 0.410 e. The Morgan fingerprint density at radius 3 is 3.08 bits per heavy atom. The molecule has 2 aliphatic rings. The summed E-state index contributed by atoms with van der Waals surface area (Å²) in [7, 11) is 0. The fourth-order valence-corrected chi connectivity index (χ4v) is 3.87. The molecule has 1 saturated heterocycles. The molecule has 0 aromatic heterocycles. The molecule has 2 fully saturated rings. The Morgan fingerprint density at radius 2 is 2.33 bits per heavy atom. The quantitative estimate of drug-likeness (QED) is 0.805. The number of carbonyl (C=O) groups excluding carboxylic acids is 1. The molecular weight excluding hydrogens is 309 g/mol. The SMILES string of the molecule is CCOC(=O)N1CCC2C1CCCC2(O)C#Cc1cccc(F)c1. The minimum Gasteiger partial charge on any atom is -0.450 e. The lowest BCUT2D eigenvalue weighted by molar-refractivity contribution is -0.0145. The first-order valence-electron chi connectivity index (χ1n) is 8.48. The topological polar surface area (TPSA) is 49.8 Å². The zero-order chi connectivity index (χ0) is 17.2. The molecule has 1 aliphatic heterocycles. The van der Waals surface area contributed by atoms with Crippen LogP contribution in [-0.4, -0.2) is 40.9 Å². The van der Waals surface area contributed by atoms with Gasteiger partial charge in [0.25, 0.3) is 0 Å². The number of hydrogen-bond acceptors (Lipinski definition) is 3. The second-order valence-electron chi connectivity index (χ2n) is 6.43. The van der Waals surface area contributed by atoms with Crippen molar-refractivity contribution in [1.29, 1.82) is 0 Å². The average molecular weight is 331 g/mol. The van der Waals surface area contributed by atoms with Crippen LogP contribution in [0, 0.1) is 23.6 Å². The number of rotatable bonds is 1. The standard InChI is InChI=1S/C19H22FNO3/c1-2-24-18(22)21-12-9-16-17(21)7-4-10-19(16,23)11-8-14-5-3-6-15(20)13-14/h3,5-6,13,16-17,23H,2,4,7,9-10,12H2,1H3. The molecule has 4 nitrogen and oxygen atoms in total. The van der Waals surface area contributed by atoms with E-state index < -0.39 is 5.60 Å². The van der Waals surface area contributed by atoms with E-state index in [9.17, 15) is 14.3 Å². The number of benzene rings is 1. The molecule has 1 heterocycles. The smallest absolute Gasteiger partial charge is 0.410 e. The van der Waals surface area contributed by atoms with Crippen molar-refractivity contribution in [2.75, 3.05) is 13.2 Å². The maximum atomic E-state index is 13.3. The van der Waals surface area contributed by atoms with E-state index in [1.807, 2.05) is 0 Å². The summed E-state index contributed by atoms with van der Waals surface area (Å²) in [6, 6.07) is 6.01. The highest BCUT2D eigenvalue weighted by atomic mass is 19.1. The second-order valence-corrected chi connectivity index (χ2v) is 6.43. The van der Waals surface area contributed by atoms with Gasteiger partial charge >= 0.3 is 6.09 Å². The number of hydrogen-bond donors (Lipinski definition) is 1. The maximum absolute atomic E-state index is 13.3. The van der Waals surface area contributed by atoms with Gasteiger partial charge in [0.15, 0.2) is 0 Å². The first kappa shape index (κ1) is 16.8. The summed E-state index contributed by atoms with van der Waals surface area (Å²) >= 11 is 0. The van der Waals surface area contributed by atoms with Crippen molar-refractivity contribution in [2.24, 2.45) is 5.92 Å². The lowest BCUT2D eigenvalue weighted by Gasteiger charge is -2.39. The first-order chi connectivity index (χ1) is 11.5. The van der Waals surface area contributed by atoms with Crippen molar-refractivity contribution < 1.29 is 19.0 Å². The van der Waals surface area contributed by atoms with Gasteiger partial charge in [0.05, 0.1) is 6.61 Å². The van der Waals surface area contributed by atoms with Gasteiger partial charge < -0.3 is 14.7 Å². The summed E-state index contributed by atoms with van der Waals surface area (Å²) < 4.78 is 18.4. The summed E-state index contributed by atoms with van der Waals surface area (Å²) in [6.07, 6.45) is 2.62. The number of aliphatic hydroxyl groups is 1. The molecule has 128 valence electrons. The molecule has 0 bridgehead atoms. The van der Waals surface area contributed by atoms with Gasteiger partial charge in [-0.15, -0.1) is 0 Å². The third-order valence-electron chi connectivity index (χ3n) is 4.97. The number of halogens is 1. The highest BCUT2D eigenvalue weighted by Crippen LogP contribution is 2.42. The number of nitrogens with zero attached hydrogens (tertiary/aromatic N) is 1. The van der Waals surface area contributed by atoms with E-state index in [0.29, 0.717) is 31.6 Å². The Morgan fingerprint density at radius 1 is 1.50 bits per heavy atom. The van der Waals surface area contributed by atoms with Gasteiger partial charge in [-0.1, -0.05) is 17.9 Å². The number of likely N-dealkylation sites (tertiary alicyclic amines) is 1. The van der Waals surface area contributed by atoms with E-state index >= 15 is 0 Å². The van der Waals surface area contributed by atoms with E-state index in [4.69, 9.17) is 4.74 Å². The molecule has 1 amide bonds. The van der Waals surface area contributed by atoms with Crippen LogP contribution >= 0.6 is 0 Å². The van der Waals surface area contributed by atoms with Gasteiger partial charge in [0, 0.05) is 24.1 Å². The van der Waals surface area contributed by atoms with Crippen LogP contribution in [0.25, 0.3) is 0 Å². The van der Waals surface area contributed by atoms with Crippen LogP contribution in [0.1, 0.15) is 38.2 Å². The molecule has 1 aromatic carbocycles. The van der Waals surface area contributed by atoms with Crippen molar-refractivity contribution in [3.05, 3.63) is 35.6 Å². The molecule has 1 aromatic rings. The molecule has 3 atom stereocenters. The molecule has 0 radical (unpaired) electrons. The normalized spacial score (nSPS) is 28.7. The zero-order valence-electron chi connectivity index (χ0n) is 13.8. The molecule has 1 N–H and O–H groups in total. The molecular formula is C19H22FNO3. The van der Waals surface area contributed by atoms with E-state index in [-0.39, 0.29) is 23.9 Å². The Kier molecular flexibility index (Phi) is 4.77. The van der Waals surface area contributed by atoms with E-state index in [1.54, 1.807) is 24.0 Å². The van der Waals surface area contributed by atoms with Gasteiger partial charge in [0.2, 0.25) is 0 Å². The van der Waals surface area contributed by atoms with E-state index in [1.165, 1.54) is 12.1 Å². The van der Waals surface area contributed by atoms with Crippen molar-refractivity contribution in [3.8, 4) is 11.8 Å². The molecule has 0 spiro atoms. The fourth-order valence-electron chi connectivity index (χ4n) is 3.87. The van der Waals surface area contributed by atoms with Gasteiger partial charge in [0.1, 0.15) is 11.4 Å². The molecule has 5 heteroatoms. The third-order valence-corrected chi connectivity index (χ3v) is 4.97. The number of ether oxygens (including phenoxy) is 1. The monoisotopic (exact) mass is 331 g/mol. The van der Waals surface area contributed by atoms with Gasteiger partial charge in [-0.25, -0.2) is 9.18 Å². The summed E-state index contributed by atoms with van der Waals surface area (Å²) in [5.41, 5.74) is -0.595. The lowest BCUT2D eigenvalue weighted by Crippen LogP contribution is -2.49. The Bertz CT molecular complexity index is 681. The summed E-state index contributed by atoms with van der Waals surface area (Å²) in [5.74, 6) is 5.44. The van der Waals surface area contributed by atoms with Gasteiger partial charge in [-0.3, -0.25) is 0 Å². The van der Waals surface area contributed by atoms with Crippen LogP contribution in [0.5, 0.6) is 0 Å². The average Bonchev–Trinajstić information content (AvgIpc) is 2.99. The predicted molar refractivity (Wildman–Crippen MR) is 87.7 cm³/mol. The van der Waals surface area contributed by atoms with Crippen LogP contribution in [0.3, 0.4) is 0 Å². The van der Waals surface area contributed by atoms with Crippen LogP contribution in [0.15, 0.2) is 24.3 Å². The third kappa shape index (κ3) is 3.25. The van der Waals surface area contributed by atoms with Gasteiger partial charge in [-0.2, -0.15) is 0 Å². The highest BCUT2D eigenvalue weighted by molar-refractivity contribution is 5.68. The van der Waals surface area contributed by atoms with Crippen molar-refractivity contribution in [2.45, 2.75) is 44.2 Å². The highest BCUT2D eigenvalue weighted by Gasteiger charge is 2.50. The fraction of sp³-hybridized carbons (Fsp3) is 0.526. The van der Waals surface area contributed by atoms with Gasteiger partial charge in [-0.05, 0) is 50.8 Å². The molecule has 1 aliphatic carbocycles. The number of amides is 1. The van der Waals surface area contributed by atoms with Crippen LogP contribution in [0.4, 0.5) is 9.18 Å². The molecule has 3 unspecified atom stereocenters. The minimum absolute atomic E-state index is 0.0374. The van der Waals surface area contributed by atoms with Crippen molar-refractivity contribution >= 4 is 6.09 Å². The van der Waals surface area contributed by atoms with Crippen LogP contribution < -0.4 is 0 Å². The summed E-state index contributed by atoms with van der Waals surface area (Å²) in [6.45, 7) is 2.71. The second kappa shape index (κ2) is 6.82. The minimum atomic E-state index is -1.14. The van der Waals surface area contributed by atoms with Crippen LogP contribution in [-0.2, 0) is 4.74 Å². The molecule has 1 saturated carbocycles. The Hall–Kier alpha value is -2.06. The molecule has 24 heavy (non-hydrogen) atoms. The lowest BCUT2D eigenvalue weighted by atomic mass is 9.73. The summed E-state index contributed by atoms with van der Waals surface area (Å²) in [5, 5.41) is 11.1. The Balaban J connectivity index is 1.80. The number of carbonyl (C=O) groups is 1. The van der Waals surface area contributed by atoms with Crippen molar-refractivity contribution in [3.63, 3.8) is 0 Å².